The minimum absolute atomic E-state index is 0.00319. The zero-order valence-corrected chi connectivity index (χ0v) is 21.3. The molecule has 2 aliphatic rings. The van der Waals surface area contributed by atoms with Crippen molar-refractivity contribution in [3.63, 3.8) is 0 Å². The number of rotatable bonds is 7. The number of aromatic nitrogens is 5. The second-order valence-corrected chi connectivity index (χ2v) is 11.5. The molecule has 2 atom stereocenters. The number of pyridine rings is 2. The number of β-amino-alcohol motifs (C(OH)–C–C–N with tert-alkyl or cyclic N) is 1. The molecular weight excluding hydrogens is 478 g/mol. The van der Waals surface area contributed by atoms with Crippen LogP contribution in [-0.2, 0) is 4.79 Å². The first-order valence-electron chi connectivity index (χ1n) is 12.2. The van der Waals surface area contributed by atoms with Gasteiger partial charge < -0.3 is 20.1 Å². The topological polar surface area (TPSA) is 121 Å². The smallest absolute Gasteiger partial charge is 0.221 e. The third-order valence-electron chi connectivity index (χ3n) is 6.80. The second-order valence-electron chi connectivity index (χ2n) is 9.88. The van der Waals surface area contributed by atoms with Gasteiger partial charge in [0.25, 0.3) is 0 Å². The highest BCUT2D eigenvalue weighted by atomic mass is 32.2. The Morgan fingerprint density at radius 1 is 1.36 bits per heavy atom. The maximum absolute atomic E-state index is 12.3. The largest absolute Gasteiger partial charge is 0.492 e. The van der Waals surface area contributed by atoms with Gasteiger partial charge in [0, 0.05) is 36.7 Å². The molecule has 36 heavy (non-hydrogen) atoms. The number of piperidine rings is 1. The van der Waals surface area contributed by atoms with Gasteiger partial charge in [0.05, 0.1) is 36.4 Å². The average Bonchev–Trinajstić information content (AvgIpc) is 3.08. The van der Waals surface area contributed by atoms with Crippen molar-refractivity contribution in [1.29, 1.82) is 0 Å². The molecule has 2 saturated heterocycles. The number of aliphatic hydroxyl groups is 1. The molecule has 6 heterocycles. The van der Waals surface area contributed by atoms with Crippen LogP contribution in [0.15, 0.2) is 36.8 Å². The van der Waals surface area contributed by atoms with E-state index < -0.39 is 9.80 Å². The van der Waals surface area contributed by atoms with E-state index in [4.69, 9.17) is 9.72 Å². The van der Waals surface area contributed by atoms with E-state index in [0.29, 0.717) is 38.2 Å². The van der Waals surface area contributed by atoms with Crippen molar-refractivity contribution in [3.8, 4) is 16.9 Å². The molecule has 0 bridgehead atoms. The molecule has 188 valence electrons. The van der Waals surface area contributed by atoms with Crippen molar-refractivity contribution in [2.24, 2.45) is 5.92 Å². The number of amides is 1. The van der Waals surface area contributed by atoms with E-state index in [-0.39, 0.29) is 11.8 Å². The quantitative estimate of drug-likeness (QED) is 0.326. The monoisotopic (exact) mass is 507 g/mol. The van der Waals surface area contributed by atoms with Crippen LogP contribution in [0.2, 0.25) is 0 Å². The summed E-state index contributed by atoms with van der Waals surface area (Å²) in [7, 11) is 0. The van der Waals surface area contributed by atoms with Gasteiger partial charge in [-0.1, -0.05) is 25.6 Å². The molecule has 0 unspecified atom stereocenters. The number of carbonyl (C=O) groups excluding carboxylic acids is 1. The van der Waals surface area contributed by atoms with Crippen molar-refractivity contribution in [3.05, 3.63) is 36.8 Å². The highest BCUT2D eigenvalue weighted by molar-refractivity contribution is 8.09. The van der Waals surface area contributed by atoms with E-state index in [9.17, 15) is 9.90 Å². The van der Waals surface area contributed by atoms with Crippen LogP contribution in [0.1, 0.15) is 33.6 Å². The molecule has 4 aromatic heterocycles. The number of ether oxygens (including phenoxy) is 1. The molecule has 3 N–H and O–H groups in total. The molecule has 4 aromatic rings. The van der Waals surface area contributed by atoms with Crippen molar-refractivity contribution < 1.29 is 14.6 Å². The molecule has 11 heteroatoms. The van der Waals surface area contributed by atoms with Crippen molar-refractivity contribution >= 4 is 40.0 Å². The lowest BCUT2D eigenvalue weighted by atomic mass is 10.0. The summed E-state index contributed by atoms with van der Waals surface area (Å²) in [4.78, 5) is 17.6. The van der Waals surface area contributed by atoms with Crippen LogP contribution >= 0.6 is 11.8 Å². The molecular formula is C25H29N7O3S. The van der Waals surface area contributed by atoms with E-state index >= 15 is 0 Å². The van der Waals surface area contributed by atoms with Crippen LogP contribution in [0.5, 0.6) is 5.75 Å². The van der Waals surface area contributed by atoms with Gasteiger partial charge >= 0.3 is 0 Å². The number of thioether (sulfide) groups is 1. The second kappa shape index (κ2) is 8.38. The summed E-state index contributed by atoms with van der Waals surface area (Å²) < 4.78 is 7.59. The van der Waals surface area contributed by atoms with Crippen molar-refractivity contribution in [1.82, 2.24) is 30.1 Å². The normalized spacial score (nSPS) is 23.3. The Morgan fingerprint density at radius 3 is 2.94 bits per heavy atom. The summed E-state index contributed by atoms with van der Waals surface area (Å²) in [6.45, 7) is 7.65. The third-order valence-corrected chi connectivity index (χ3v) is 8.41. The van der Waals surface area contributed by atoms with Crippen LogP contribution in [-0.4, -0.2) is 65.3 Å². The minimum atomic E-state index is -0.999. The van der Waals surface area contributed by atoms with Gasteiger partial charge in [0.1, 0.15) is 16.4 Å². The van der Waals surface area contributed by atoms with Crippen molar-refractivity contribution in [2.75, 3.05) is 24.6 Å². The molecule has 0 aromatic carbocycles. The van der Waals surface area contributed by atoms with Gasteiger partial charge in [-0.15, -0.1) is 5.10 Å². The van der Waals surface area contributed by atoms with Gasteiger partial charge in [0.2, 0.25) is 5.91 Å². The Labute approximate surface area is 212 Å². The number of aromatic amines is 1. The zero-order valence-electron chi connectivity index (χ0n) is 20.5. The predicted molar refractivity (Wildman–Crippen MR) is 139 cm³/mol. The summed E-state index contributed by atoms with van der Waals surface area (Å²) in [5.74, 6) is 1.79. The van der Waals surface area contributed by atoms with Gasteiger partial charge in [0.15, 0.2) is 10.6 Å². The summed E-state index contributed by atoms with van der Waals surface area (Å²) in [6, 6.07) is 6.01. The Balaban J connectivity index is 1.25. The predicted octanol–water partition coefficient (Wildman–Crippen LogP) is 3.18. The molecule has 10 nitrogen and oxygen atoms in total. The first-order valence-corrected chi connectivity index (χ1v) is 13.1. The summed E-state index contributed by atoms with van der Waals surface area (Å²) in [6.07, 6.45) is 6.61. The Bertz CT molecular complexity index is 1450. The average molecular weight is 508 g/mol. The standard InChI is InChI=1S/C25H29N7O3S/c1-4-35-17-10-18(22-19-12-27-29-23(19)30-32(22)13-17)16-5-6-20(26-11-16)31-8-7-24(25(34,14-31)36-24)28-21(33)9-15(2)3/h5-6,10-13,15,34H,4,7-9,14H2,1-3H3,(H,28,33)(H,29,30)/t24-,25+/m0/s1. The number of anilines is 1. The summed E-state index contributed by atoms with van der Waals surface area (Å²) in [5.41, 5.74) is 3.52. The van der Waals surface area contributed by atoms with Crippen LogP contribution in [0.4, 0.5) is 5.82 Å². The van der Waals surface area contributed by atoms with Gasteiger partial charge in [-0.2, -0.15) is 5.10 Å². The number of hydrogen-bond acceptors (Lipinski definition) is 8. The lowest BCUT2D eigenvalue weighted by Crippen LogP contribution is -2.54. The molecule has 2 aliphatic heterocycles. The highest BCUT2D eigenvalue weighted by Gasteiger charge is 2.71. The molecule has 1 amide bonds. The lowest BCUT2D eigenvalue weighted by Gasteiger charge is -2.34. The molecule has 0 spiro atoms. The number of nitrogens with zero attached hydrogens (tertiary/aromatic N) is 5. The lowest BCUT2D eigenvalue weighted by molar-refractivity contribution is -0.123. The first-order chi connectivity index (χ1) is 17.3. The fraction of sp³-hybridized carbons (Fsp3) is 0.440. The van der Waals surface area contributed by atoms with E-state index in [0.717, 1.165) is 33.6 Å². The zero-order chi connectivity index (χ0) is 25.1. The van der Waals surface area contributed by atoms with Crippen molar-refractivity contribution in [2.45, 2.75) is 43.4 Å². The van der Waals surface area contributed by atoms with Gasteiger partial charge in [-0.3, -0.25) is 9.89 Å². The summed E-state index contributed by atoms with van der Waals surface area (Å²) >= 11 is 1.43. The molecule has 2 fully saturated rings. The van der Waals surface area contributed by atoms with E-state index in [1.165, 1.54) is 11.8 Å². The van der Waals surface area contributed by atoms with Crippen LogP contribution in [0, 0.1) is 5.92 Å². The fourth-order valence-corrected chi connectivity index (χ4v) is 6.39. The Kier molecular flexibility index (Phi) is 5.38. The molecule has 6 rings (SSSR count). The number of H-pyrrole nitrogens is 1. The SMILES string of the molecule is CCOc1cc(-c2ccc(N3CC[C@]4(NC(=O)CC(C)C)S[C@]4(O)C3)nc2)c2c3cn[nH]c3nn2c1. The Hall–Kier alpha value is -3.31. The number of nitrogens with one attached hydrogen (secondary N) is 2. The number of fused-ring (bicyclic) bond motifs is 4. The molecule has 0 saturated carbocycles. The van der Waals surface area contributed by atoms with E-state index in [1.807, 2.05) is 55.9 Å². The maximum atomic E-state index is 12.3. The van der Waals surface area contributed by atoms with Crippen LogP contribution < -0.4 is 15.0 Å². The molecule has 0 radical (unpaired) electrons. The number of carbonyl (C=O) groups is 1. The van der Waals surface area contributed by atoms with Crippen LogP contribution in [0.3, 0.4) is 0 Å². The fourth-order valence-electron chi connectivity index (χ4n) is 5.07. The van der Waals surface area contributed by atoms with Crippen LogP contribution in [0.25, 0.3) is 27.7 Å². The van der Waals surface area contributed by atoms with Gasteiger partial charge in [-0.25, -0.2) is 9.50 Å². The maximum Gasteiger partial charge on any atom is 0.221 e. The Morgan fingerprint density at radius 2 is 2.22 bits per heavy atom. The van der Waals surface area contributed by atoms with E-state index in [2.05, 4.69) is 25.5 Å². The van der Waals surface area contributed by atoms with E-state index in [1.54, 1.807) is 6.20 Å². The highest BCUT2D eigenvalue weighted by Crippen LogP contribution is 2.64. The van der Waals surface area contributed by atoms with Gasteiger partial charge in [-0.05, 0) is 31.0 Å². The number of hydrogen-bond donors (Lipinski definition) is 3. The first kappa shape index (κ1) is 23.1. The summed E-state index contributed by atoms with van der Waals surface area (Å²) in [5, 5.41) is 26.8. The molecule has 0 aliphatic carbocycles. The third kappa shape index (κ3) is 3.77. The minimum Gasteiger partial charge on any atom is -0.492 e.